The van der Waals surface area contributed by atoms with Crippen molar-refractivity contribution in [2.24, 2.45) is 0 Å². The number of nitrogens with one attached hydrogen (secondary N) is 1. The molecule has 1 aliphatic rings. The lowest BCUT2D eigenvalue weighted by Gasteiger charge is -2.25. The predicted octanol–water partition coefficient (Wildman–Crippen LogP) is 2.12. The van der Waals surface area contributed by atoms with Crippen LogP contribution in [-0.4, -0.2) is 13.2 Å². The molecule has 1 N–H and O–H groups in total. The second-order valence-corrected chi connectivity index (χ2v) is 3.82. The number of fused-ring (bicyclic) bond motifs is 1. The monoisotopic (exact) mass is 191 g/mol. The summed E-state index contributed by atoms with van der Waals surface area (Å²) in [5, 5.41) is 3.52. The SMILES string of the molecule is CCC1Cc2cc(OC)ccc2CN1. The van der Waals surface area contributed by atoms with Crippen LogP contribution in [-0.2, 0) is 13.0 Å². The summed E-state index contributed by atoms with van der Waals surface area (Å²) < 4.78 is 5.23. The number of benzene rings is 1. The fraction of sp³-hybridized carbons (Fsp3) is 0.500. The minimum atomic E-state index is 0.634. The molecular formula is C12H17NO. The van der Waals surface area contributed by atoms with Gasteiger partial charge in [-0.1, -0.05) is 13.0 Å². The van der Waals surface area contributed by atoms with Gasteiger partial charge in [-0.25, -0.2) is 0 Å². The van der Waals surface area contributed by atoms with Crippen LogP contribution in [0.25, 0.3) is 0 Å². The Labute approximate surface area is 85.3 Å². The first-order chi connectivity index (χ1) is 6.83. The highest BCUT2D eigenvalue weighted by Gasteiger charge is 2.16. The Kier molecular flexibility index (Phi) is 2.73. The molecule has 1 aromatic rings. The van der Waals surface area contributed by atoms with Crippen LogP contribution in [0.4, 0.5) is 0 Å². The van der Waals surface area contributed by atoms with Gasteiger partial charge in [-0.2, -0.15) is 0 Å². The van der Waals surface area contributed by atoms with E-state index in [0.717, 1.165) is 18.7 Å². The number of methoxy groups -OCH3 is 1. The summed E-state index contributed by atoms with van der Waals surface area (Å²) in [6.07, 6.45) is 2.32. The molecule has 1 unspecified atom stereocenters. The van der Waals surface area contributed by atoms with E-state index in [4.69, 9.17) is 4.74 Å². The molecule has 1 atom stereocenters. The van der Waals surface area contributed by atoms with Crippen molar-refractivity contribution in [1.82, 2.24) is 5.32 Å². The van der Waals surface area contributed by atoms with Gasteiger partial charge in [0, 0.05) is 12.6 Å². The molecule has 2 nitrogen and oxygen atoms in total. The lowest BCUT2D eigenvalue weighted by molar-refractivity contribution is 0.411. The number of hydrogen-bond acceptors (Lipinski definition) is 2. The molecule has 0 saturated carbocycles. The molecule has 0 aromatic heterocycles. The van der Waals surface area contributed by atoms with E-state index in [0.29, 0.717) is 6.04 Å². The molecule has 0 spiro atoms. The molecule has 76 valence electrons. The third kappa shape index (κ3) is 1.75. The lowest BCUT2D eigenvalue weighted by atomic mass is 9.94. The van der Waals surface area contributed by atoms with E-state index in [1.165, 1.54) is 17.5 Å². The van der Waals surface area contributed by atoms with Gasteiger partial charge in [0.05, 0.1) is 7.11 Å². The van der Waals surface area contributed by atoms with Crippen LogP contribution >= 0.6 is 0 Å². The van der Waals surface area contributed by atoms with Crippen molar-refractivity contribution in [3.63, 3.8) is 0 Å². The van der Waals surface area contributed by atoms with Crippen molar-refractivity contribution < 1.29 is 4.74 Å². The maximum absolute atomic E-state index is 5.23. The third-order valence-electron chi connectivity index (χ3n) is 2.95. The van der Waals surface area contributed by atoms with Gasteiger partial charge < -0.3 is 10.1 Å². The third-order valence-corrected chi connectivity index (χ3v) is 2.95. The van der Waals surface area contributed by atoms with Crippen molar-refractivity contribution in [3.8, 4) is 5.75 Å². The molecule has 1 heterocycles. The zero-order chi connectivity index (χ0) is 9.97. The van der Waals surface area contributed by atoms with Crippen LogP contribution in [0, 0.1) is 0 Å². The van der Waals surface area contributed by atoms with Gasteiger partial charge in [-0.15, -0.1) is 0 Å². The molecule has 0 fully saturated rings. The normalized spacial score (nSPS) is 20.3. The highest BCUT2D eigenvalue weighted by molar-refractivity contribution is 5.37. The van der Waals surface area contributed by atoms with Crippen molar-refractivity contribution in [2.75, 3.05) is 7.11 Å². The zero-order valence-electron chi connectivity index (χ0n) is 8.84. The van der Waals surface area contributed by atoms with Crippen LogP contribution in [0.5, 0.6) is 5.75 Å². The van der Waals surface area contributed by atoms with Crippen molar-refractivity contribution >= 4 is 0 Å². The summed E-state index contributed by atoms with van der Waals surface area (Å²) in [4.78, 5) is 0. The Hall–Kier alpha value is -1.02. The van der Waals surface area contributed by atoms with E-state index in [1.807, 2.05) is 6.07 Å². The van der Waals surface area contributed by atoms with E-state index in [-0.39, 0.29) is 0 Å². The lowest BCUT2D eigenvalue weighted by Crippen LogP contribution is -2.34. The number of hydrogen-bond donors (Lipinski definition) is 1. The van der Waals surface area contributed by atoms with E-state index in [9.17, 15) is 0 Å². The number of ether oxygens (including phenoxy) is 1. The average Bonchev–Trinajstić information content (AvgIpc) is 2.27. The first-order valence-corrected chi connectivity index (χ1v) is 5.22. The maximum Gasteiger partial charge on any atom is 0.119 e. The second kappa shape index (κ2) is 4.01. The van der Waals surface area contributed by atoms with E-state index >= 15 is 0 Å². The summed E-state index contributed by atoms with van der Waals surface area (Å²) in [5.41, 5.74) is 2.85. The molecule has 0 bridgehead atoms. The zero-order valence-corrected chi connectivity index (χ0v) is 8.84. The molecule has 2 rings (SSSR count). The van der Waals surface area contributed by atoms with Crippen LogP contribution in [0.15, 0.2) is 18.2 Å². The van der Waals surface area contributed by atoms with E-state index < -0.39 is 0 Å². The average molecular weight is 191 g/mol. The minimum absolute atomic E-state index is 0.634. The molecule has 0 saturated heterocycles. The molecule has 0 aliphatic carbocycles. The standard InChI is InChI=1S/C12H17NO/c1-3-11-6-10-7-12(14-2)5-4-9(10)8-13-11/h4-5,7,11,13H,3,6,8H2,1-2H3. The Morgan fingerprint density at radius 2 is 2.29 bits per heavy atom. The van der Waals surface area contributed by atoms with Gasteiger partial charge in [0.15, 0.2) is 0 Å². The van der Waals surface area contributed by atoms with E-state index in [1.54, 1.807) is 7.11 Å². The van der Waals surface area contributed by atoms with Crippen LogP contribution < -0.4 is 10.1 Å². The van der Waals surface area contributed by atoms with Gasteiger partial charge in [0.1, 0.15) is 5.75 Å². The largest absolute Gasteiger partial charge is 0.497 e. The Morgan fingerprint density at radius 3 is 3.00 bits per heavy atom. The molecule has 0 radical (unpaired) electrons. The molecular weight excluding hydrogens is 174 g/mol. The van der Waals surface area contributed by atoms with Gasteiger partial charge in [-0.3, -0.25) is 0 Å². The second-order valence-electron chi connectivity index (χ2n) is 3.82. The molecule has 1 aromatic carbocycles. The van der Waals surface area contributed by atoms with Crippen molar-refractivity contribution in [2.45, 2.75) is 32.4 Å². The Balaban J connectivity index is 2.25. The topological polar surface area (TPSA) is 21.3 Å². The Morgan fingerprint density at radius 1 is 1.43 bits per heavy atom. The van der Waals surface area contributed by atoms with Gasteiger partial charge >= 0.3 is 0 Å². The quantitative estimate of drug-likeness (QED) is 0.773. The minimum Gasteiger partial charge on any atom is -0.497 e. The number of rotatable bonds is 2. The smallest absolute Gasteiger partial charge is 0.119 e. The summed E-state index contributed by atoms with van der Waals surface area (Å²) in [6, 6.07) is 6.99. The first-order valence-electron chi connectivity index (χ1n) is 5.22. The first kappa shape index (κ1) is 9.53. The highest BCUT2D eigenvalue weighted by atomic mass is 16.5. The van der Waals surface area contributed by atoms with Crippen LogP contribution in [0.3, 0.4) is 0 Å². The summed E-state index contributed by atoms with van der Waals surface area (Å²) in [5.74, 6) is 0.973. The maximum atomic E-state index is 5.23. The van der Waals surface area contributed by atoms with Crippen molar-refractivity contribution in [1.29, 1.82) is 0 Å². The fourth-order valence-electron chi connectivity index (χ4n) is 1.97. The summed E-state index contributed by atoms with van der Waals surface area (Å²) in [7, 11) is 1.72. The molecule has 1 aliphatic heterocycles. The Bertz CT molecular complexity index is 322. The van der Waals surface area contributed by atoms with Crippen LogP contribution in [0.2, 0.25) is 0 Å². The fourth-order valence-corrected chi connectivity index (χ4v) is 1.97. The van der Waals surface area contributed by atoms with Crippen LogP contribution in [0.1, 0.15) is 24.5 Å². The highest BCUT2D eigenvalue weighted by Crippen LogP contribution is 2.22. The molecule has 0 amide bonds. The molecule has 14 heavy (non-hydrogen) atoms. The van der Waals surface area contributed by atoms with E-state index in [2.05, 4.69) is 24.4 Å². The van der Waals surface area contributed by atoms with Crippen molar-refractivity contribution in [3.05, 3.63) is 29.3 Å². The van der Waals surface area contributed by atoms with Gasteiger partial charge in [0.2, 0.25) is 0 Å². The molecule has 2 heteroatoms. The predicted molar refractivity (Wildman–Crippen MR) is 57.6 cm³/mol. The van der Waals surface area contributed by atoms with Gasteiger partial charge in [-0.05, 0) is 36.1 Å². The summed E-state index contributed by atoms with van der Waals surface area (Å²) in [6.45, 7) is 3.22. The summed E-state index contributed by atoms with van der Waals surface area (Å²) >= 11 is 0. The van der Waals surface area contributed by atoms with Gasteiger partial charge in [0.25, 0.3) is 0 Å².